The molecular weight excluding hydrogens is 397 g/mol. The third-order valence-electron chi connectivity index (χ3n) is 2.46. The van der Waals surface area contributed by atoms with Gasteiger partial charge in [-0.3, -0.25) is 0 Å². The Labute approximate surface area is 149 Å². The Balaban J connectivity index is 0.00000400. The minimum Gasteiger partial charge on any atom is -0.357 e. The number of halogens is 1. The van der Waals surface area contributed by atoms with E-state index in [0.717, 1.165) is 30.6 Å². The van der Waals surface area contributed by atoms with Crippen LogP contribution in [0.5, 0.6) is 0 Å². The van der Waals surface area contributed by atoms with E-state index in [1.165, 1.54) is 4.88 Å². The second-order valence-electron chi connectivity index (χ2n) is 5.66. The molecule has 0 bridgehead atoms. The van der Waals surface area contributed by atoms with Crippen molar-refractivity contribution in [3.05, 3.63) is 16.1 Å². The van der Waals surface area contributed by atoms with Gasteiger partial charge < -0.3 is 16.0 Å². The highest BCUT2D eigenvalue weighted by atomic mass is 127. The first-order valence-electron chi connectivity index (χ1n) is 7.09. The van der Waals surface area contributed by atoms with Crippen LogP contribution in [0.2, 0.25) is 0 Å². The molecule has 1 aromatic rings. The summed E-state index contributed by atoms with van der Waals surface area (Å²) in [7, 11) is 0. The van der Waals surface area contributed by atoms with Crippen molar-refractivity contribution in [3.8, 4) is 0 Å². The number of aliphatic imine (C=N–C) groups is 1. The zero-order chi connectivity index (χ0) is 15.0. The maximum Gasteiger partial charge on any atom is 0.191 e. The molecule has 0 spiro atoms. The van der Waals surface area contributed by atoms with E-state index in [9.17, 15) is 0 Å². The van der Waals surface area contributed by atoms with Gasteiger partial charge in [-0.25, -0.2) is 9.98 Å². The fourth-order valence-corrected chi connectivity index (χ4v) is 2.29. The van der Waals surface area contributed by atoms with Gasteiger partial charge in [0.25, 0.3) is 0 Å². The van der Waals surface area contributed by atoms with Crippen LogP contribution in [0.15, 0.2) is 11.2 Å². The normalized spacial score (nSPS) is 12.0. The van der Waals surface area contributed by atoms with Gasteiger partial charge in [-0.15, -0.1) is 35.3 Å². The highest BCUT2D eigenvalue weighted by Gasteiger charge is 2.07. The van der Waals surface area contributed by atoms with Crippen LogP contribution in [0.4, 0.5) is 0 Å². The summed E-state index contributed by atoms with van der Waals surface area (Å²) in [5.41, 5.74) is 0.148. The highest BCUT2D eigenvalue weighted by molar-refractivity contribution is 14.0. The lowest BCUT2D eigenvalue weighted by Gasteiger charge is -2.21. The van der Waals surface area contributed by atoms with Gasteiger partial charge in [-0.1, -0.05) is 0 Å². The van der Waals surface area contributed by atoms with Crippen LogP contribution in [0.1, 0.15) is 37.6 Å². The van der Waals surface area contributed by atoms with Crippen molar-refractivity contribution in [1.82, 2.24) is 20.9 Å². The van der Waals surface area contributed by atoms with Gasteiger partial charge in [-0.05, 0) is 34.6 Å². The largest absolute Gasteiger partial charge is 0.357 e. The van der Waals surface area contributed by atoms with Gasteiger partial charge in [0.1, 0.15) is 5.01 Å². The monoisotopic (exact) mass is 425 g/mol. The summed E-state index contributed by atoms with van der Waals surface area (Å²) < 4.78 is 0. The summed E-state index contributed by atoms with van der Waals surface area (Å²) >= 11 is 1.69. The zero-order valence-electron chi connectivity index (χ0n) is 13.6. The fraction of sp³-hybridized carbons (Fsp3) is 0.714. The lowest BCUT2D eigenvalue weighted by molar-refractivity contribution is 0.428. The first-order valence-corrected chi connectivity index (χ1v) is 7.91. The molecule has 1 aromatic heterocycles. The molecule has 122 valence electrons. The molecule has 1 heterocycles. The molecule has 3 N–H and O–H groups in total. The number of hydrogen-bond donors (Lipinski definition) is 3. The Morgan fingerprint density at radius 1 is 1.29 bits per heavy atom. The Morgan fingerprint density at radius 3 is 2.52 bits per heavy atom. The van der Waals surface area contributed by atoms with Crippen molar-refractivity contribution >= 4 is 41.3 Å². The Kier molecular flexibility index (Phi) is 10.1. The predicted octanol–water partition coefficient (Wildman–Crippen LogP) is 2.51. The molecule has 0 aromatic carbocycles. The highest BCUT2D eigenvalue weighted by Crippen LogP contribution is 2.11. The molecule has 0 fully saturated rings. The van der Waals surface area contributed by atoms with Gasteiger partial charge >= 0.3 is 0 Å². The molecule has 7 heteroatoms. The topological polar surface area (TPSA) is 61.3 Å². The van der Waals surface area contributed by atoms with Gasteiger partial charge in [0.2, 0.25) is 0 Å². The van der Waals surface area contributed by atoms with Crippen LogP contribution in [0, 0.1) is 6.92 Å². The van der Waals surface area contributed by atoms with Crippen LogP contribution in [0.25, 0.3) is 0 Å². The summed E-state index contributed by atoms with van der Waals surface area (Å²) in [6.45, 7) is 13.9. The minimum atomic E-state index is 0. The van der Waals surface area contributed by atoms with Gasteiger partial charge in [0.05, 0.1) is 6.54 Å². The average Bonchev–Trinajstić information content (AvgIpc) is 2.76. The van der Waals surface area contributed by atoms with Crippen LogP contribution < -0.4 is 16.0 Å². The van der Waals surface area contributed by atoms with E-state index in [1.54, 1.807) is 11.3 Å². The molecule has 0 aliphatic heterocycles. The minimum absolute atomic E-state index is 0. The number of nitrogens with zero attached hydrogens (tertiary/aromatic N) is 2. The molecule has 5 nitrogen and oxygen atoms in total. The lowest BCUT2D eigenvalue weighted by Crippen LogP contribution is -2.44. The van der Waals surface area contributed by atoms with E-state index >= 15 is 0 Å². The maximum absolute atomic E-state index is 4.55. The molecule has 0 saturated heterocycles. The zero-order valence-corrected chi connectivity index (χ0v) is 16.8. The van der Waals surface area contributed by atoms with Crippen molar-refractivity contribution in [2.45, 2.75) is 46.7 Å². The standard InChI is InChI=1S/C14H27N5S.HI/c1-6-15-13(16-7-8-19-14(3,4)5)18-10-12-17-9-11(2)20-12;/h9,19H,6-8,10H2,1-5H3,(H2,15,16,18);1H. The molecule has 0 saturated carbocycles. The SMILES string of the molecule is CCNC(=NCc1ncc(C)s1)NCCNC(C)(C)C.I. The molecule has 21 heavy (non-hydrogen) atoms. The molecule has 0 amide bonds. The van der Waals surface area contributed by atoms with Crippen molar-refractivity contribution in [2.75, 3.05) is 19.6 Å². The molecule has 0 aliphatic rings. The number of aryl methyl sites for hydroxylation is 1. The second kappa shape index (κ2) is 10.3. The maximum atomic E-state index is 4.55. The summed E-state index contributed by atoms with van der Waals surface area (Å²) in [6, 6.07) is 0. The van der Waals surface area contributed by atoms with E-state index in [4.69, 9.17) is 0 Å². The van der Waals surface area contributed by atoms with Crippen molar-refractivity contribution in [1.29, 1.82) is 0 Å². The molecule has 0 unspecified atom stereocenters. The van der Waals surface area contributed by atoms with E-state index in [-0.39, 0.29) is 29.5 Å². The quantitative estimate of drug-likeness (QED) is 0.284. The van der Waals surface area contributed by atoms with Gasteiger partial charge in [-0.2, -0.15) is 0 Å². The van der Waals surface area contributed by atoms with Crippen molar-refractivity contribution < 1.29 is 0 Å². The molecule has 1 rings (SSSR count). The number of aromatic nitrogens is 1. The number of thiazole rings is 1. The lowest BCUT2D eigenvalue weighted by atomic mass is 10.1. The summed E-state index contributed by atoms with van der Waals surface area (Å²) in [5.74, 6) is 0.844. The van der Waals surface area contributed by atoms with Crippen molar-refractivity contribution in [2.24, 2.45) is 4.99 Å². The molecule has 0 atom stereocenters. The first kappa shape index (κ1) is 20.6. The van der Waals surface area contributed by atoms with Gasteiger partial charge in [0.15, 0.2) is 5.96 Å². The van der Waals surface area contributed by atoms with Crippen LogP contribution in [0.3, 0.4) is 0 Å². The Morgan fingerprint density at radius 2 is 2.00 bits per heavy atom. The molecule has 0 aliphatic carbocycles. The second-order valence-corrected chi connectivity index (χ2v) is 6.98. The summed E-state index contributed by atoms with van der Waals surface area (Å²) in [6.07, 6.45) is 1.89. The van der Waals surface area contributed by atoms with E-state index in [2.05, 4.69) is 60.5 Å². The van der Waals surface area contributed by atoms with E-state index in [1.807, 2.05) is 6.20 Å². The number of nitrogens with one attached hydrogen (secondary N) is 3. The smallest absolute Gasteiger partial charge is 0.191 e. The third kappa shape index (κ3) is 10.0. The van der Waals surface area contributed by atoms with Crippen LogP contribution in [-0.2, 0) is 6.54 Å². The van der Waals surface area contributed by atoms with Crippen LogP contribution >= 0.6 is 35.3 Å². The third-order valence-corrected chi connectivity index (χ3v) is 3.36. The summed E-state index contributed by atoms with van der Waals surface area (Å²) in [5, 5.41) is 11.1. The Hall–Kier alpha value is -0.410. The molecular formula is C14H28IN5S. The number of rotatable bonds is 6. The predicted molar refractivity (Wildman–Crippen MR) is 103 cm³/mol. The van der Waals surface area contributed by atoms with Crippen LogP contribution in [-0.4, -0.2) is 36.1 Å². The van der Waals surface area contributed by atoms with E-state index < -0.39 is 0 Å². The number of hydrogen-bond acceptors (Lipinski definition) is 4. The Bertz CT molecular complexity index is 425. The first-order chi connectivity index (χ1) is 9.40. The molecule has 0 radical (unpaired) electrons. The summed E-state index contributed by atoms with van der Waals surface area (Å²) in [4.78, 5) is 10.1. The van der Waals surface area contributed by atoms with Gasteiger partial charge in [0, 0.05) is 36.2 Å². The number of guanidine groups is 1. The van der Waals surface area contributed by atoms with Crippen molar-refractivity contribution in [3.63, 3.8) is 0 Å². The fourth-order valence-electron chi connectivity index (χ4n) is 1.58. The van der Waals surface area contributed by atoms with E-state index in [0.29, 0.717) is 6.54 Å². The average molecular weight is 425 g/mol.